The van der Waals surface area contributed by atoms with Crippen LogP contribution in [0.3, 0.4) is 0 Å². The predicted molar refractivity (Wildman–Crippen MR) is 60.0 cm³/mol. The van der Waals surface area contributed by atoms with Gasteiger partial charge in [-0.15, -0.1) is 0 Å². The zero-order valence-electron chi connectivity index (χ0n) is 9.58. The van der Waals surface area contributed by atoms with E-state index in [-0.39, 0.29) is 5.78 Å². The molecule has 0 aromatic rings. The molecule has 0 unspecified atom stereocenters. The van der Waals surface area contributed by atoms with Gasteiger partial charge in [0.15, 0.2) is 5.78 Å². The summed E-state index contributed by atoms with van der Waals surface area (Å²) in [4.78, 5) is 10.9. The van der Waals surface area contributed by atoms with Gasteiger partial charge in [-0.25, -0.2) is 0 Å². The Labute approximate surface area is 86.9 Å². The van der Waals surface area contributed by atoms with Crippen LogP contribution in [-0.4, -0.2) is 5.78 Å². The van der Waals surface area contributed by atoms with Gasteiger partial charge in [-0.2, -0.15) is 0 Å². The highest BCUT2D eigenvalue weighted by Crippen LogP contribution is 2.34. The fourth-order valence-corrected chi connectivity index (χ4v) is 2.40. The third-order valence-corrected chi connectivity index (χ3v) is 3.01. The van der Waals surface area contributed by atoms with Crippen molar-refractivity contribution in [2.45, 2.75) is 34.1 Å². The second kappa shape index (κ2) is 4.59. The van der Waals surface area contributed by atoms with E-state index in [0.717, 1.165) is 6.42 Å². The van der Waals surface area contributed by atoms with Crippen molar-refractivity contribution in [2.75, 3.05) is 0 Å². The number of allylic oxidation sites excluding steroid dienone is 4. The van der Waals surface area contributed by atoms with Crippen LogP contribution in [0.25, 0.3) is 0 Å². The molecule has 0 fully saturated rings. The molecule has 0 aromatic carbocycles. The van der Waals surface area contributed by atoms with Crippen LogP contribution in [0.2, 0.25) is 0 Å². The van der Waals surface area contributed by atoms with Crippen LogP contribution in [0, 0.1) is 17.8 Å². The van der Waals surface area contributed by atoms with Gasteiger partial charge >= 0.3 is 0 Å². The van der Waals surface area contributed by atoms with Gasteiger partial charge in [-0.3, -0.25) is 4.79 Å². The van der Waals surface area contributed by atoms with Crippen LogP contribution >= 0.6 is 0 Å². The molecule has 0 amide bonds. The zero-order valence-corrected chi connectivity index (χ0v) is 9.58. The Bertz CT molecular complexity index is 273. The summed E-state index contributed by atoms with van der Waals surface area (Å²) >= 11 is 0. The Balaban J connectivity index is 2.74. The first-order valence-corrected chi connectivity index (χ1v) is 5.36. The van der Waals surface area contributed by atoms with Gasteiger partial charge in [0, 0.05) is 0 Å². The minimum Gasteiger partial charge on any atom is -0.295 e. The predicted octanol–water partition coefficient (Wildman–Crippen LogP) is 3.37. The van der Waals surface area contributed by atoms with E-state index in [1.807, 2.05) is 0 Å². The maximum atomic E-state index is 10.9. The average molecular weight is 192 g/mol. The van der Waals surface area contributed by atoms with Crippen LogP contribution in [0.5, 0.6) is 0 Å². The van der Waals surface area contributed by atoms with Crippen LogP contribution < -0.4 is 0 Å². The molecule has 0 saturated heterocycles. The molecule has 0 saturated carbocycles. The Morgan fingerprint density at radius 2 is 2.14 bits per heavy atom. The van der Waals surface area contributed by atoms with Crippen molar-refractivity contribution in [1.82, 2.24) is 0 Å². The van der Waals surface area contributed by atoms with Gasteiger partial charge in [0.25, 0.3) is 0 Å². The second-order valence-electron chi connectivity index (χ2n) is 4.60. The molecule has 1 nitrogen and oxygen atoms in total. The zero-order chi connectivity index (χ0) is 10.7. The fraction of sp³-hybridized carbons (Fsp3) is 0.615. The lowest BCUT2D eigenvalue weighted by Gasteiger charge is -2.30. The lowest BCUT2D eigenvalue weighted by Crippen LogP contribution is -2.21. The molecule has 1 heteroatoms. The van der Waals surface area contributed by atoms with Crippen molar-refractivity contribution in [3.63, 3.8) is 0 Å². The third-order valence-electron chi connectivity index (χ3n) is 3.01. The molecule has 78 valence electrons. The summed E-state index contributed by atoms with van der Waals surface area (Å²) in [5, 5.41) is 0. The van der Waals surface area contributed by atoms with Crippen LogP contribution in [-0.2, 0) is 4.79 Å². The number of carbonyl (C=O) groups excluding carboxylic acids is 1. The molecule has 14 heavy (non-hydrogen) atoms. The molecule has 0 heterocycles. The lowest BCUT2D eigenvalue weighted by molar-refractivity contribution is -0.112. The Morgan fingerprint density at radius 1 is 1.50 bits per heavy atom. The quantitative estimate of drug-likeness (QED) is 0.484. The molecule has 1 aliphatic rings. The van der Waals surface area contributed by atoms with E-state index < -0.39 is 0 Å². The number of carbonyl (C=O) groups is 1. The van der Waals surface area contributed by atoms with E-state index >= 15 is 0 Å². The largest absolute Gasteiger partial charge is 0.295 e. The number of hydrogen-bond donors (Lipinski definition) is 0. The van der Waals surface area contributed by atoms with E-state index in [2.05, 4.69) is 32.9 Å². The van der Waals surface area contributed by atoms with Gasteiger partial charge in [-0.05, 0) is 44.1 Å². The summed E-state index contributed by atoms with van der Waals surface area (Å²) in [5.41, 5.74) is 1.48. The maximum absolute atomic E-state index is 10.9. The van der Waals surface area contributed by atoms with Crippen LogP contribution in [0.15, 0.2) is 23.8 Å². The molecule has 1 rings (SSSR count). The van der Waals surface area contributed by atoms with E-state index in [0.29, 0.717) is 17.8 Å². The molecule has 0 aromatic heterocycles. The lowest BCUT2D eigenvalue weighted by atomic mass is 9.75. The molecule has 0 N–H and O–H groups in total. The number of hydrogen-bond acceptors (Lipinski definition) is 1. The topological polar surface area (TPSA) is 17.1 Å². The normalized spacial score (nSPS) is 33.1. The van der Waals surface area contributed by atoms with Gasteiger partial charge < -0.3 is 0 Å². The second-order valence-corrected chi connectivity index (χ2v) is 4.60. The Kier molecular flexibility index (Phi) is 3.68. The van der Waals surface area contributed by atoms with Crippen molar-refractivity contribution in [2.24, 2.45) is 17.8 Å². The fourth-order valence-electron chi connectivity index (χ4n) is 2.40. The van der Waals surface area contributed by atoms with Crippen molar-refractivity contribution in [3.05, 3.63) is 23.8 Å². The van der Waals surface area contributed by atoms with Crippen molar-refractivity contribution >= 4 is 5.78 Å². The monoisotopic (exact) mass is 192 g/mol. The molecule has 0 radical (unpaired) electrons. The van der Waals surface area contributed by atoms with Gasteiger partial charge in [0.2, 0.25) is 0 Å². The third kappa shape index (κ3) is 2.83. The Hall–Kier alpha value is -0.850. The van der Waals surface area contributed by atoms with E-state index in [9.17, 15) is 4.79 Å². The van der Waals surface area contributed by atoms with Crippen LogP contribution in [0.4, 0.5) is 0 Å². The minimum atomic E-state index is 0.149. The summed E-state index contributed by atoms with van der Waals surface area (Å²) in [6.45, 7) is 8.30. The van der Waals surface area contributed by atoms with Gasteiger partial charge in [0.05, 0.1) is 0 Å². The van der Waals surface area contributed by atoms with Gasteiger partial charge in [-0.1, -0.05) is 31.6 Å². The van der Waals surface area contributed by atoms with E-state index in [1.165, 1.54) is 5.57 Å². The molecule has 0 bridgehead atoms. The highest BCUT2D eigenvalue weighted by molar-refractivity contribution is 5.87. The molecular formula is C13H20O. The van der Waals surface area contributed by atoms with Crippen molar-refractivity contribution in [1.29, 1.82) is 0 Å². The summed E-state index contributed by atoms with van der Waals surface area (Å²) in [6, 6.07) is 0. The molecule has 1 aliphatic carbocycles. The standard InChI is InChI=1S/C13H20O/c1-9-7-10(2)13(11(3)8-9)6-5-12(4)14/h5-7,10-11,13H,8H2,1-4H3/b6-5+/t10-,11+,13-/m1/s1. The SMILES string of the molecule is CC(=O)/C=C/[C@@H]1[C@H](C)C=C(C)C[C@@H]1C. The van der Waals surface area contributed by atoms with Gasteiger partial charge in [0.1, 0.15) is 0 Å². The summed E-state index contributed by atoms with van der Waals surface area (Å²) in [5.74, 6) is 1.90. The first kappa shape index (κ1) is 11.2. The summed E-state index contributed by atoms with van der Waals surface area (Å²) < 4.78 is 0. The van der Waals surface area contributed by atoms with Crippen molar-refractivity contribution in [3.8, 4) is 0 Å². The molecule has 0 aliphatic heterocycles. The number of rotatable bonds is 2. The minimum absolute atomic E-state index is 0.149. The smallest absolute Gasteiger partial charge is 0.152 e. The Morgan fingerprint density at radius 3 is 2.64 bits per heavy atom. The van der Waals surface area contributed by atoms with Crippen LogP contribution in [0.1, 0.15) is 34.1 Å². The first-order chi connectivity index (χ1) is 6.50. The average Bonchev–Trinajstić information content (AvgIpc) is 2.01. The van der Waals surface area contributed by atoms with E-state index in [1.54, 1.807) is 13.0 Å². The highest BCUT2D eigenvalue weighted by atomic mass is 16.1. The molecule has 0 spiro atoms. The summed E-state index contributed by atoms with van der Waals surface area (Å²) in [7, 11) is 0. The molecule has 3 atom stereocenters. The summed E-state index contributed by atoms with van der Waals surface area (Å²) in [6.07, 6.45) is 7.29. The first-order valence-electron chi connectivity index (χ1n) is 5.36. The van der Waals surface area contributed by atoms with Crippen molar-refractivity contribution < 1.29 is 4.79 Å². The van der Waals surface area contributed by atoms with E-state index in [4.69, 9.17) is 0 Å². The highest BCUT2D eigenvalue weighted by Gasteiger charge is 2.24. The maximum Gasteiger partial charge on any atom is 0.152 e. The number of ketones is 1. The molecular weight excluding hydrogens is 172 g/mol.